The summed E-state index contributed by atoms with van der Waals surface area (Å²) in [6, 6.07) is 77.5. The van der Waals surface area contributed by atoms with Crippen LogP contribution >= 0.6 is 0 Å². The molecule has 0 aromatic heterocycles. The van der Waals surface area contributed by atoms with Crippen molar-refractivity contribution in [2.24, 2.45) is 0 Å². The van der Waals surface area contributed by atoms with Gasteiger partial charge in [0.2, 0.25) is 0 Å². The van der Waals surface area contributed by atoms with E-state index in [-0.39, 0.29) is 5.41 Å². The van der Waals surface area contributed by atoms with Crippen molar-refractivity contribution in [1.82, 2.24) is 0 Å². The highest BCUT2D eigenvalue weighted by Crippen LogP contribution is 2.52. The first-order valence-electron chi connectivity index (χ1n) is 19.5. The summed E-state index contributed by atoms with van der Waals surface area (Å²) in [5, 5.41) is 2.49. The molecule has 0 saturated heterocycles. The highest BCUT2D eigenvalue weighted by molar-refractivity contribution is 5.90. The molecule has 0 aliphatic heterocycles. The topological polar surface area (TPSA) is 3.24 Å². The van der Waals surface area contributed by atoms with E-state index in [9.17, 15) is 0 Å². The molecule has 0 heterocycles. The van der Waals surface area contributed by atoms with Crippen molar-refractivity contribution < 1.29 is 0 Å². The third-order valence-corrected chi connectivity index (χ3v) is 11.7. The van der Waals surface area contributed by atoms with Crippen LogP contribution in [0.5, 0.6) is 0 Å². The molecular weight excluding hydrogens is 675 g/mol. The van der Waals surface area contributed by atoms with Gasteiger partial charge in [0.25, 0.3) is 0 Å². The Balaban J connectivity index is 1.04. The lowest BCUT2D eigenvalue weighted by Gasteiger charge is -2.27. The Morgan fingerprint density at radius 2 is 0.786 bits per heavy atom. The van der Waals surface area contributed by atoms with Crippen molar-refractivity contribution in [1.29, 1.82) is 0 Å². The summed E-state index contributed by atoms with van der Waals surface area (Å²) in [6.07, 6.45) is 0. The van der Waals surface area contributed by atoms with Crippen LogP contribution in [0, 0.1) is 0 Å². The third kappa shape index (κ3) is 5.90. The second-order valence-corrected chi connectivity index (χ2v) is 15.4. The van der Waals surface area contributed by atoms with E-state index in [2.05, 4.69) is 231 Å². The Kier molecular flexibility index (Phi) is 8.23. The lowest BCUT2D eigenvalue weighted by Crippen LogP contribution is -2.16. The maximum absolute atomic E-state index is 2.38. The minimum Gasteiger partial charge on any atom is -0.310 e. The predicted molar refractivity (Wildman–Crippen MR) is 238 cm³/mol. The van der Waals surface area contributed by atoms with Crippen LogP contribution in [0.25, 0.3) is 66.4 Å². The molecule has 56 heavy (non-hydrogen) atoms. The van der Waals surface area contributed by atoms with Gasteiger partial charge in [0, 0.05) is 22.5 Å². The van der Waals surface area contributed by atoms with E-state index in [0.29, 0.717) is 0 Å². The van der Waals surface area contributed by atoms with Crippen LogP contribution in [0.1, 0.15) is 25.0 Å². The average molecular weight is 716 g/mol. The molecule has 9 aromatic rings. The minimum absolute atomic E-state index is 0.0833. The number of benzene rings is 9. The fourth-order valence-electron chi connectivity index (χ4n) is 8.81. The molecule has 1 heteroatoms. The molecule has 266 valence electrons. The maximum atomic E-state index is 2.38. The summed E-state index contributed by atoms with van der Waals surface area (Å²) in [6.45, 7) is 4.72. The highest BCUT2D eigenvalue weighted by Gasteiger charge is 2.37. The quantitative estimate of drug-likeness (QED) is 0.159. The van der Waals surface area contributed by atoms with Crippen LogP contribution in [0.4, 0.5) is 17.1 Å². The Labute approximate surface area is 329 Å². The SMILES string of the molecule is CC1(C)c2ccccc2-c2cccc(-c3ccc(N(c4ccc(-c5ccc(-c6ccccc6)cc5)cc4)c4cccc(-c5ccc6ccccc6c5)c4)cc3)c21. The molecule has 0 bridgehead atoms. The first-order chi connectivity index (χ1) is 27.5. The average Bonchev–Trinajstić information content (AvgIpc) is 3.50. The lowest BCUT2D eigenvalue weighted by atomic mass is 9.79. The molecule has 0 unspecified atom stereocenters. The molecule has 0 N–H and O–H groups in total. The first kappa shape index (κ1) is 33.6. The van der Waals surface area contributed by atoms with Gasteiger partial charge in [-0.3, -0.25) is 0 Å². The molecule has 0 atom stereocenters. The number of hydrogen-bond donors (Lipinski definition) is 0. The van der Waals surface area contributed by atoms with E-state index < -0.39 is 0 Å². The van der Waals surface area contributed by atoms with Gasteiger partial charge in [0.1, 0.15) is 0 Å². The Morgan fingerprint density at radius 3 is 1.50 bits per heavy atom. The lowest BCUT2D eigenvalue weighted by molar-refractivity contribution is 0.662. The van der Waals surface area contributed by atoms with Gasteiger partial charge in [0.05, 0.1) is 0 Å². The maximum Gasteiger partial charge on any atom is 0.0467 e. The van der Waals surface area contributed by atoms with E-state index >= 15 is 0 Å². The molecule has 1 aliphatic carbocycles. The third-order valence-electron chi connectivity index (χ3n) is 11.7. The normalized spacial score (nSPS) is 12.6. The number of rotatable bonds is 7. The fraction of sp³-hybridized carbons (Fsp3) is 0.0545. The second kappa shape index (κ2) is 13.7. The van der Waals surface area contributed by atoms with Crippen LogP contribution in [0.2, 0.25) is 0 Å². The van der Waals surface area contributed by atoms with Crippen molar-refractivity contribution in [3.8, 4) is 55.6 Å². The standard InChI is InChI=1S/C55H41N/c1-55(2)53-21-9-8-18-51(53)52-20-11-19-50(54(52)55)43-30-34-48(35-31-43)56(49-17-10-16-45(37-49)46-27-26-39-14-6-7-15-44(39)36-46)47-32-28-42(29-33-47)41-24-22-40(23-25-41)38-12-4-3-5-13-38/h3-37H,1-2H3. The van der Waals surface area contributed by atoms with Crippen molar-refractivity contribution in [3.05, 3.63) is 223 Å². The van der Waals surface area contributed by atoms with Gasteiger partial charge in [-0.25, -0.2) is 0 Å². The summed E-state index contributed by atoms with van der Waals surface area (Å²) in [5.74, 6) is 0. The van der Waals surface area contributed by atoms with E-state index in [4.69, 9.17) is 0 Å². The smallest absolute Gasteiger partial charge is 0.0467 e. The van der Waals surface area contributed by atoms with E-state index in [1.54, 1.807) is 0 Å². The zero-order valence-corrected chi connectivity index (χ0v) is 31.7. The number of nitrogens with zero attached hydrogens (tertiary/aromatic N) is 1. The largest absolute Gasteiger partial charge is 0.310 e. The van der Waals surface area contributed by atoms with Crippen LogP contribution in [-0.2, 0) is 5.41 Å². The van der Waals surface area contributed by atoms with Gasteiger partial charge in [-0.2, -0.15) is 0 Å². The van der Waals surface area contributed by atoms with Gasteiger partial charge >= 0.3 is 0 Å². The molecule has 0 radical (unpaired) electrons. The summed E-state index contributed by atoms with van der Waals surface area (Å²) >= 11 is 0. The molecule has 0 fully saturated rings. The molecule has 1 nitrogen and oxygen atoms in total. The summed E-state index contributed by atoms with van der Waals surface area (Å²) < 4.78 is 0. The van der Waals surface area contributed by atoms with Crippen molar-refractivity contribution in [2.45, 2.75) is 19.3 Å². The molecule has 10 rings (SSSR count). The van der Waals surface area contributed by atoms with Gasteiger partial charge < -0.3 is 4.90 Å². The number of hydrogen-bond acceptors (Lipinski definition) is 1. The fourth-order valence-corrected chi connectivity index (χ4v) is 8.81. The number of anilines is 3. The molecular formula is C55H41N. The van der Waals surface area contributed by atoms with E-state index in [0.717, 1.165) is 17.1 Å². The van der Waals surface area contributed by atoms with Gasteiger partial charge in [-0.1, -0.05) is 184 Å². The van der Waals surface area contributed by atoms with Crippen LogP contribution in [0.3, 0.4) is 0 Å². The zero-order valence-electron chi connectivity index (χ0n) is 31.7. The minimum atomic E-state index is -0.0833. The highest BCUT2D eigenvalue weighted by atomic mass is 15.1. The van der Waals surface area contributed by atoms with Crippen LogP contribution < -0.4 is 4.90 Å². The molecule has 0 saturated carbocycles. The van der Waals surface area contributed by atoms with Gasteiger partial charge in [0.15, 0.2) is 0 Å². The van der Waals surface area contributed by atoms with E-state index in [1.165, 1.54) is 77.5 Å². The van der Waals surface area contributed by atoms with Crippen LogP contribution in [-0.4, -0.2) is 0 Å². The Morgan fingerprint density at radius 1 is 0.304 bits per heavy atom. The van der Waals surface area contributed by atoms with Crippen molar-refractivity contribution in [2.75, 3.05) is 4.90 Å². The monoisotopic (exact) mass is 715 g/mol. The molecule has 9 aromatic carbocycles. The summed E-state index contributed by atoms with van der Waals surface area (Å²) in [7, 11) is 0. The molecule has 0 spiro atoms. The van der Waals surface area contributed by atoms with Crippen molar-refractivity contribution in [3.63, 3.8) is 0 Å². The zero-order chi connectivity index (χ0) is 37.6. The summed E-state index contributed by atoms with van der Waals surface area (Å²) in [4.78, 5) is 2.38. The molecule has 1 aliphatic rings. The second-order valence-electron chi connectivity index (χ2n) is 15.4. The number of fused-ring (bicyclic) bond motifs is 4. The summed E-state index contributed by atoms with van der Waals surface area (Å²) in [5.41, 5.74) is 18.5. The van der Waals surface area contributed by atoms with Gasteiger partial charge in [-0.15, -0.1) is 0 Å². The molecule has 0 amide bonds. The van der Waals surface area contributed by atoms with Crippen molar-refractivity contribution >= 4 is 27.8 Å². The Bertz CT molecular complexity index is 2850. The Hall–Kier alpha value is -6.96. The van der Waals surface area contributed by atoms with E-state index in [1.807, 2.05) is 0 Å². The van der Waals surface area contributed by atoms with Gasteiger partial charge in [-0.05, 0) is 120 Å². The first-order valence-corrected chi connectivity index (χ1v) is 19.5. The predicted octanol–water partition coefficient (Wildman–Crippen LogP) is 15.3. The van der Waals surface area contributed by atoms with Crippen LogP contribution in [0.15, 0.2) is 212 Å².